The van der Waals surface area contributed by atoms with Crippen molar-refractivity contribution in [2.75, 3.05) is 26.2 Å². The van der Waals surface area contributed by atoms with Gasteiger partial charge < -0.3 is 14.7 Å². The average Bonchev–Trinajstić information content (AvgIpc) is 2.83. The summed E-state index contributed by atoms with van der Waals surface area (Å²) in [7, 11) is 0. The summed E-state index contributed by atoms with van der Waals surface area (Å²) in [6.07, 6.45) is 3.06. The molecule has 3 nitrogen and oxygen atoms in total. The second-order valence-corrected chi connectivity index (χ2v) is 3.86. The molecule has 1 saturated carbocycles. The zero-order valence-corrected chi connectivity index (χ0v) is 7.41. The van der Waals surface area contributed by atoms with E-state index in [1.54, 1.807) is 0 Å². The van der Waals surface area contributed by atoms with Crippen LogP contribution in [0.15, 0.2) is 0 Å². The van der Waals surface area contributed by atoms with Gasteiger partial charge in [0.2, 0.25) is 0 Å². The van der Waals surface area contributed by atoms with Gasteiger partial charge in [0.25, 0.3) is 0 Å². The number of rotatable bonds is 2. The van der Waals surface area contributed by atoms with Gasteiger partial charge in [-0.25, -0.2) is 0 Å². The van der Waals surface area contributed by atoms with Crippen molar-refractivity contribution in [1.29, 1.82) is 0 Å². The van der Waals surface area contributed by atoms with E-state index in [0.717, 1.165) is 25.4 Å². The average molecular weight is 171 g/mol. The SMILES string of the molecule is OC1CCN(CC2CC2)CCO1. The molecule has 2 aliphatic rings. The summed E-state index contributed by atoms with van der Waals surface area (Å²) < 4.78 is 5.15. The number of aliphatic hydroxyl groups is 1. The van der Waals surface area contributed by atoms with Gasteiger partial charge in [-0.15, -0.1) is 0 Å². The molecule has 1 N–H and O–H groups in total. The van der Waals surface area contributed by atoms with Crippen molar-refractivity contribution in [2.45, 2.75) is 25.6 Å². The molecule has 2 fully saturated rings. The molecule has 0 amide bonds. The molecule has 1 unspecified atom stereocenters. The molecule has 0 aromatic rings. The van der Waals surface area contributed by atoms with Gasteiger partial charge in [-0.1, -0.05) is 0 Å². The highest BCUT2D eigenvalue weighted by Crippen LogP contribution is 2.29. The van der Waals surface area contributed by atoms with Crippen molar-refractivity contribution >= 4 is 0 Å². The molecule has 1 heterocycles. The van der Waals surface area contributed by atoms with Gasteiger partial charge in [0, 0.05) is 26.1 Å². The van der Waals surface area contributed by atoms with E-state index in [9.17, 15) is 5.11 Å². The third-order valence-electron chi connectivity index (χ3n) is 2.62. The van der Waals surface area contributed by atoms with Crippen LogP contribution in [0.4, 0.5) is 0 Å². The Hall–Kier alpha value is -0.120. The Morgan fingerprint density at radius 3 is 2.83 bits per heavy atom. The first-order valence-corrected chi connectivity index (χ1v) is 4.86. The van der Waals surface area contributed by atoms with Gasteiger partial charge in [-0.3, -0.25) is 0 Å². The maximum absolute atomic E-state index is 9.21. The zero-order valence-electron chi connectivity index (χ0n) is 7.41. The van der Waals surface area contributed by atoms with E-state index in [0.29, 0.717) is 6.61 Å². The minimum absolute atomic E-state index is 0.519. The minimum atomic E-state index is -0.519. The first kappa shape index (κ1) is 8.48. The van der Waals surface area contributed by atoms with Crippen LogP contribution in [0.25, 0.3) is 0 Å². The Kier molecular flexibility index (Phi) is 2.63. The normalized spacial score (nSPS) is 33.2. The minimum Gasteiger partial charge on any atom is -0.368 e. The number of aliphatic hydroxyl groups excluding tert-OH is 1. The van der Waals surface area contributed by atoms with Crippen LogP contribution in [-0.4, -0.2) is 42.5 Å². The van der Waals surface area contributed by atoms with Crippen molar-refractivity contribution in [3.8, 4) is 0 Å². The second kappa shape index (κ2) is 3.73. The third-order valence-corrected chi connectivity index (χ3v) is 2.62. The fraction of sp³-hybridized carbons (Fsp3) is 1.00. The molecule has 1 atom stereocenters. The standard InChI is InChI=1S/C9H17NO2/c11-9-3-4-10(5-6-12-9)7-8-1-2-8/h8-9,11H,1-7H2. The van der Waals surface area contributed by atoms with E-state index in [-0.39, 0.29) is 0 Å². The Balaban J connectivity index is 1.73. The molecule has 12 heavy (non-hydrogen) atoms. The van der Waals surface area contributed by atoms with Crippen molar-refractivity contribution in [1.82, 2.24) is 4.90 Å². The van der Waals surface area contributed by atoms with E-state index in [1.807, 2.05) is 0 Å². The quantitative estimate of drug-likeness (QED) is 0.654. The first-order valence-electron chi connectivity index (χ1n) is 4.86. The Morgan fingerprint density at radius 1 is 1.25 bits per heavy atom. The fourth-order valence-corrected chi connectivity index (χ4v) is 1.65. The molecule has 1 saturated heterocycles. The van der Waals surface area contributed by atoms with Crippen molar-refractivity contribution in [2.24, 2.45) is 5.92 Å². The van der Waals surface area contributed by atoms with Gasteiger partial charge in [-0.2, -0.15) is 0 Å². The molecule has 0 aromatic heterocycles. The Morgan fingerprint density at radius 2 is 2.08 bits per heavy atom. The second-order valence-electron chi connectivity index (χ2n) is 3.86. The smallest absolute Gasteiger partial charge is 0.155 e. The monoisotopic (exact) mass is 171 g/mol. The van der Waals surface area contributed by atoms with Crippen molar-refractivity contribution in [3.63, 3.8) is 0 Å². The van der Waals surface area contributed by atoms with Crippen LogP contribution in [0.3, 0.4) is 0 Å². The Labute approximate surface area is 73.3 Å². The lowest BCUT2D eigenvalue weighted by Crippen LogP contribution is -2.28. The van der Waals surface area contributed by atoms with Crippen molar-refractivity contribution in [3.05, 3.63) is 0 Å². The van der Waals surface area contributed by atoms with Crippen LogP contribution in [0.5, 0.6) is 0 Å². The third kappa shape index (κ3) is 2.44. The van der Waals surface area contributed by atoms with E-state index >= 15 is 0 Å². The van der Waals surface area contributed by atoms with E-state index in [2.05, 4.69) is 4.90 Å². The highest BCUT2D eigenvalue weighted by atomic mass is 16.6. The molecular weight excluding hydrogens is 154 g/mol. The predicted octanol–water partition coefficient (Wildman–Crippen LogP) is 0.437. The molecule has 1 aliphatic heterocycles. The first-order chi connectivity index (χ1) is 5.84. The van der Waals surface area contributed by atoms with Crippen LogP contribution in [0, 0.1) is 5.92 Å². The van der Waals surface area contributed by atoms with Crippen LogP contribution >= 0.6 is 0 Å². The molecule has 0 radical (unpaired) electrons. The number of ether oxygens (including phenoxy) is 1. The number of nitrogens with zero attached hydrogens (tertiary/aromatic N) is 1. The molecule has 3 heteroatoms. The maximum Gasteiger partial charge on any atom is 0.155 e. The predicted molar refractivity (Wildman–Crippen MR) is 45.7 cm³/mol. The van der Waals surface area contributed by atoms with Gasteiger partial charge in [-0.05, 0) is 18.8 Å². The lowest BCUT2D eigenvalue weighted by molar-refractivity contribution is -0.0919. The summed E-state index contributed by atoms with van der Waals surface area (Å²) in [5.74, 6) is 0.945. The summed E-state index contributed by atoms with van der Waals surface area (Å²) in [6, 6.07) is 0. The summed E-state index contributed by atoms with van der Waals surface area (Å²) >= 11 is 0. The number of hydrogen-bond donors (Lipinski definition) is 1. The molecule has 2 rings (SSSR count). The molecular formula is C9H17NO2. The topological polar surface area (TPSA) is 32.7 Å². The Bertz CT molecular complexity index is 147. The maximum atomic E-state index is 9.21. The largest absolute Gasteiger partial charge is 0.368 e. The lowest BCUT2D eigenvalue weighted by Gasteiger charge is -2.17. The van der Waals surface area contributed by atoms with Gasteiger partial charge in [0.05, 0.1) is 6.61 Å². The summed E-state index contributed by atoms with van der Waals surface area (Å²) in [5.41, 5.74) is 0. The van der Waals surface area contributed by atoms with Gasteiger partial charge in [0.1, 0.15) is 0 Å². The van der Waals surface area contributed by atoms with Crippen LogP contribution in [0.1, 0.15) is 19.3 Å². The molecule has 0 spiro atoms. The molecule has 70 valence electrons. The summed E-state index contributed by atoms with van der Waals surface area (Å²) in [4.78, 5) is 2.41. The molecule has 0 bridgehead atoms. The van der Waals surface area contributed by atoms with E-state index < -0.39 is 6.29 Å². The summed E-state index contributed by atoms with van der Waals surface area (Å²) in [6.45, 7) is 3.90. The van der Waals surface area contributed by atoms with Crippen molar-refractivity contribution < 1.29 is 9.84 Å². The highest BCUT2D eigenvalue weighted by Gasteiger charge is 2.25. The highest BCUT2D eigenvalue weighted by molar-refractivity contribution is 4.78. The number of hydrogen-bond acceptors (Lipinski definition) is 3. The lowest BCUT2D eigenvalue weighted by atomic mass is 10.3. The van der Waals surface area contributed by atoms with E-state index in [1.165, 1.54) is 19.4 Å². The van der Waals surface area contributed by atoms with Crippen LogP contribution in [0.2, 0.25) is 0 Å². The van der Waals surface area contributed by atoms with Gasteiger partial charge in [0.15, 0.2) is 6.29 Å². The van der Waals surface area contributed by atoms with E-state index in [4.69, 9.17) is 4.74 Å². The van der Waals surface area contributed by atoms with Crippen LogP contribution in [-0.2, 0) is 4.74 Å². The fourth-order valence-electron chi connectivity index (χ4n) is 1.65. The molecule has 0 aromatic carbocycles. The zero-order chi connectivity index (χ0) is 8.39. The summed E-state index contributed by atoms with van der Waals surface area (Å²) in [5, 5.41) is 9.21. The van der Waals surface area contributed by atoms with Gasteiger partial charge >= 0.3 is 0 Å². The molecule has 1 aliphatic carbocycles. The van der Waals surface area contributed by atoms with Crippen LogP contribution < -0.4 is 0 Å².